The van der Waals surface area contributed by atoms with Gasteiger partial charge in [0.25, 0.3) is 0 Å². The number of methoxy groups -OCH3 is 2. The van der Waals surface area contributed by atoms with Crippen molar-refractivity contribution in [3.05, 3.63) is 77.1 Å². The molecule has 0 saturated heterocycles. The van der Waals surface area contributed by atoms with Crippen LogP contribution in [0.2, 0.25) is 0 Å². The molecule has 36 heavy (non-hydrogen) atoms. The first-order chi connectivity index (χ1) is 17.3. The summed E-state index contributed by atoms with van der Waals surface area (Å²) in [5, 5.41) is 4.11. The second kappa shape index (κ2) is 15.8. The normalized spacial score (nSPS) is 10.4. The van der Waals surface area contributed by atoms with Gasteiger partial charge in [-0.3, -0.25) is 14.3 Å². The highest BCUT2D eigenvalue weighted by Gasteiger charge is 2.10. The second-order valence-electron chi connectivity index (χ2n) is 8.69. The van der Waals surface area contributed by atoms with Crippen LogP contribution in [-0.2, 0) is 35.4 Å². The van der Waals surface area contributed by atoms with Crippen molar-refractivity contribution in [1.29, 1.82) is 0 Å². The summed E-state index contributed by atoms with van der Waals surface area (Å²) in [5.41, 5.74) is 4.44. The van der Waals surface area contributed by atoms with Crippen molar-refractivity contribution < 1.29 is 19.1 Å². The van der Waals surface area contributed by atoms with Crippen LogP contribution >= 0.6 is 11.6 Å². The van der Waals surface area contributed by atoms with Crippen LogP contribution < -0.4 is 9.47 Å². The first-order valence-corrected chi connectivity index (χ1v) is 12.7. The molecule has 0 radical (unpaired) electrons. The van der Waals surface area contributed by atoms with Crippen LogP contribution in [0.4, 0.5) is 0 Å². The van der Waals surface area contributed by atoms with Crippen LogP contribution in [0.25, 0.3) is 0 Å². The Morgan fingerprint density at radius 3 is 1.58 bits per heavy atom. The van der Waals surface area contributed by atoms with Crippen molar-refractivity contribution in [2.24, 2.45) is 7.05 Å². The number of alkyl halides is 1. The molecule has 0 aliphatic carbocycles. The Morgan fingerprint density at radius 2 is 1.28 bits per heavy atom. The largest absolute Gasteiger partial charge is 0.497 e. The van der Waals surface area contributed by atoms with Crippen LogP contribution in [0.1, 0.15) is 54.6 Å². The summed E-state index contributed by atoms with van der Waals surface area (Å²) >= 11 is 5.58. The maximum Gasteiger partial charge on any atom is 0.140 e. The quantitative estimate of drug-likeness (QED) is 0.206. The number of ketones is 2. The van der Waals surface area contributed by atoms with E-state index in [0.29, 0.717) is 18.7 Å². The van der Waals surface area contributed by atoms with E-state index in [4.69, 9.17) is 21.1 Å². The Morgan fingerprint density at radius 1 is 0.833 bits per heavy atom. The zero-order valence-corrected chi connectivity index (χ0v) is 22.5. The summed E-state index contributed by atoms with van der Waals surface area (Å²) in [7, 11) is 5.17. The molecule has 7 heteroatoms. The van der Waals surface area contributed by atoms with Crippen LogP contribution in [0.3, 0.4) is 0 Å². The van der Waals surface area contributed by atoms with Crippen LogP contribution in [-0.4, -0.2) is 35.6 Å². The number of aryl methyl sites for hydroxylation is 4. The fourth-order valence-electron chi connectivity index (χ4n) is 3.75. The molecule has 194 valence electrons. The molecule has 2 aromatic carbocycles. The Balaban J connectivity index is 0.000000425. The minimum Gasteiger partial charge on any atom is -0.497 e. The van der Waals surface area contributed by atoms with E-state index in [1.165, 1.54) is 11.1 Å². The van der Waals surface area contributed by atoms with Gasteiger partial charge in [-0.05, 0) is 74.1 Å². The summed E-state index contributed by atoms with van der Waals surface area (Å²) in [6, 6.07) is 17.7. The Kier molecular flexibility index (Phi) is 12.8. The molecule has 0 saturated carbocycles. The van der Waals surface area contributed by atoms with Gasteiger partial charge in [0.05, 0.1) is 37.9 Å². The summed E-state index contributed by atoms with van der Waals surface area (Å²) in [6.45, 7) is 1.95. The van der Waals surface area contributed by atoms with Gasteiger partial charge >= 0.3 is 0 Å². The topological polar surface area (TPSA) is 70.4 Å². The predicted molar refractivity (Wildman–Crippen MR) is 144 cm³/mol. The molecule has 0 bridgehead atoms. The van der Waals surface area contributed by atoms with Gasteiger partial charge in [-0.15, -0.1) is 11.6 Å². The lowest BCUT2D eigenvalue weighted by molar-refractivity contribution is -0.127. The van der Waals surface area contributed by atoms with Crippen LogP contribution in [0.15, 0.2) is 54.6 Å². The molecule has 6 nitrogen and oxygen atoms in total. The maximum atomic E-state index is 12.0. The van der Waals surface area contributed by atoms with Gasteiger partial charge in [-0.2, -0.15) is 5.10 Å². The van der Waals surface area contributed by atoms with Crippen molar-refractivity contribution in [3.8, 4) is 11.5 Å². The third-order valence-corrected chi connectivity index (χ3v) is 6.06. The van der Waals surface area contributed by atoms with Gasteiger partial charge in [0, 0.05) is 19.9 Å². The Hall–Kier alpha value is -3.12. The van der Waals surface area contributed by atoms with E-state index in [1.807, 2.05) is 68.6 Å². The van der Waals surface area contributed by atoms with Gasteiger partial charge < -0.3 is 9.47 Å². The molecule has 0 amide bonds. The molecule has 0 unspecified atom stereocenters. The monoisotopic (exact) mass is 512 g/mol. The molecule has 1 aromatic heterocycles. The minimum absolute atomic E-state index is 0.0398. The van der Waals surface area contributed by atoms with E-state index < -0.39 is 0 Å². The lowest BCUT2D eigenvalue weighted by Gasteiger charge is -2.05. The van der Waals surface area contributed by atoms with Crippen molar-refractivity contribution in [3.63, 3.8) is 0 Å². The summed E-state index contributed by atoms with van der Waals surface area (Å²) < 4.78 is 12.1. The molecule has 1 heterocycles. The van der Waals surface area contributed by atoms with E-state index in [1.54, 1.807) is 18.9 Å². The van der Waals surface area contributed by atoms with E-state index in [-0.39, 0.29) is 18.0 Å². The molecule has 3 rings (SSSR count). The van der Waals surface area contributed by atoms with E-state index in [9.17, 15) is 9.59 Å². The number of hydrogen-bond donors (Lipinski definition) is 0. The van der Waals surface area contributed by atoms with Crippen molar-refractivity contribution in [1.82, 2.24) is 9.78 Å². The van der Waals surface area contributed by atoms with Crippen molar-refractivity contribution in [2.75, 3.05) is 14.2 Å². The maximum absolute atomic E-state index is 12.0. The lowest BCUT2D eigenvalue weighted by atomic mass is 10.0. The van der Waals surface area contributed by atoms with Gasteiger partial charge in [0.1, 0.15) is 23.1 Å². The number of carbonyl (C=O) groups excluding carboxylic acids is 2. The minimum atomic E-state index is 0.0398. The number of Topliss-reactive ketones (excluding diaryl/α,β-unsaturated/α-hetero) is 2. The molecule has 0 aliphatic rings. The Bertz CT molecular complexity index is 1010. The average Bonchev–Trinajstić information content (AvgIpc) is 3.22. The molecular weight excluding hydrogens is 476 g/mol. The van der Waals surface area contributed by atoms with Gasteiger partial charge in [-0.25, -0.2) is 0 Å². The highest BCUT2D eigenvalue weighted by atomic mass is 35.5. The molecular formula is C29H37ClN2O4. The molecule has 0 N–H and O–H groups in total. The lowest BCUT2D eigenvalue weighted by Crippen LogP contribution is -2.08. The van der Waals surface area contributed by atoms with Gasteiger partial charge in [-0.1, -0.05) is 24.3 Å². The number of benzene rings is 2. The fraction of sp³-hybridized carbons (Fsp3) is 0.414. The van der Waals surface area contributed by atoms with Gasteiger partial charge in [0.2, 0.25) is 0 Å². The molecule has 0 spiro atoms. The van der Waals surface area contributed by atoms with Crippen LogP contribution in [0.5, 0.6) is 11.5 Å². The van der Waals surface area contributed by atoms with Gasteiger partial charge in [0.15, 0.2) is 0 Å². The smallest absolute Gasteiger partial charge is 0.140 e. The average molecular weight is 513 g/mol. The molecule has 0 aliphatic heterocycles. The SMILES string of the molecule is COc1ccc(CCCC(=O)CC(=O)CCCc2ccc(OC)cc2)cc1.Cc1cc(CCl)n(C)n1. The number of aromatic nitrogens is 2. The summed E-state index contributed by atoms with van der Waals surface area (Å²) in [4.78, 5) is 24.0. The highest BCUT2D eigenvalue weighted by Crippen LogP contribution is 2.15. The van der Waals surface area contributed by atoms with Crippen molar-refractivity contribution in [2.45, 2.75) is 57.7 Å². The number of halogens is 1. The number of nitrogens with zero attached hydrogens (tertiary/aromatic N) is 2. The predicted octanol–water partition coefficient (Wildman–Crippen LogP) is 6.05. The third kappa shape index (κ3) is 10.6. The summed E-state index contributed by atoms with van der Waals surface area (Å²) in [6.07, 6.45) is 4.18. The van der Waals surface area contributed by atoms with E-state index in [2.05, 4.69) is 5.10 Å². The number of hydrogen-bond acceptors (Lipinski definition) is 5. The zero-order valence-electron chi connectivity index (χ0n) is 21.8. The fourth-order valence-corrected chi connectivity index (χ4v) is 4.00. The van der Waals surface area contributed by atoms with Crippen molar-refractivity contribution >= 4 is 23.2 Å². The summed E-state index contributed by atoms with van der Waals surface area (Å²) in [5.74, 6) is 2.28. The van der Waals surface area contributed by atoms with Crippen LogP contribution in [0, 0.1) is 6.92 Å². The molecule has 3 aromatic rings. The molecule has 0 atom stereocenters. The molecule has 0 fully saturated rings. The number of carbonyl (C=O) groups is 2. The number of ether oxygens (including phenoxy) is 2. The second-order valence-corrected chi connectivity index (χ2v) is 8.96. The Labute approximate surface area is 219 Å². The standard InChI is InChI=1S/C23H28O4.C6H9ClN2/c1-26-22-13-9-18(10-14-22)5-3-7-20(24)17-21(25)8-4-6-19-11-15-23(27-2)16-12-19;1-5-3-6(4-7)9(2)8-5/h9-16H,3-8,17H2,1-2H3;3H,4H2,1-2H3. The number of rotatable bonds is 13. The third-order valence-electron chi connectivity index (χ3n) is 5.79. The highest BCUT2D eigenvalue weighted by molar-refractivity contribution is 6.16. The first-order valence-electron chi connectivity index (χ1n) is 12.2. The zero-order chi connectivity index (χ0) is 26.3. The van der Waals surface area contributed by atoms with E-state index in [0.717, 1.165) is 48.6 Å². The van der Waals surface area contributed by atoms with E-state index >= 15 is 0 Å². The first kappa shape index (κ1) is 29.1.